The van der Waals surface area contributed by atoms with Crippen LogP contribution in [0.5, 0.6) is 0 Å². The van der Waals surface area contributed by atoms with Crippen LogP contribution in [0.1, 0.15) is 6.42 Å². The largest absolute Gasteiger partial charge is 0.481 e. The van der Waals surface area contributed by atoms with Crippen molar-refractivity contribution < 1.29 is 9.90 Å². The van der Waals surface area contributed by atoms with E-state index in [1.807, 2.05) is 0 Å². The average Bonchev–Trinajstić information content (AvgIpc) is 2.12. The molecule has 0 aliphatic rings. The van der Waals surface area contributed by atoms with Crippen molar-refractivity contribution in [2.24, 2.45) is 0 Å². The molecule has 14 heavy (non-hydrogen) atoms. The fourth-order valence-corrected chi connectivity index (χ4v) is 0.969. The van der Waals surface area contributed by atoms with Crippen molar-refractivity contribution in [1.82, 2.24) is 10.2 Å². The second kappa shape index (κ2) is 4.61. The lowest BCUT2D eigenvalue weighted by atomic mass is 10.4. The number of hydrogen-bond acceptors (Lipinski definition) is 4. The van der Waals surface area contributed by atoms with Gasteiger partial charge in [0.2, 0.25) is 0 Å². The van der Waals surface area contributed by atoms with E-state index in [9.17, 15) is 9.59 Å². The van der Waals surface area contributed by atoms with Gasteiger partial charge >= 0.3 is 5.97 Å². The van der Waals surface area contributed by atoms with E-state index < -0.39 is 11.5 Å². The number of nitrogens with zero attached hydrogens (tertiary/aromatic N) is 1. The van der Waals surface area contributed by atoms with E-state index in [-0.39, 0.29) is 18.0 Å². The molecule has 6 nitrogen and oxygen atoms in total. The Morgan fingerprint density at radius 1 is 1.71 bits per heavy atom. The van der Waals surface area contributed by atoms with Crippen molar-refractivity contribution in [2.45, 2.75) is 6.42 Å². The van der Waals surface area contributed by atoms with Crippen molar-refractivity contribution >= 4 is 23.3 Å². The SMILES string of the molecule is O=C(O)CCNc1cn[nH]c(=O)c1Cl. The molecule has 1 aromatic rings. The Bertz CT molecular complexity index is 390. The van der Waals surface area contributed by atoms with Crippen LogP contribution in [-0.2, 0) is 4.79 Å². The molecule has 0 aliphatic heterocycles. The third-order valence-electron chi connectivity index (χ3n) is 1.45. The van der Waals surface area contributed by atoms with E-state index in [1.165, 1.54) is 6.20 Å². The van der Waals surface area contributed by atoms with Gasteiger partial charge in [-0.3, -0.25) is 9.59 Å². The maximum absolute atomic E-state index is 10.9. The summed E-state index contributed by atoms with van der Waals surface area (Å²) in [6.45, 7) is 0.195. The van der Waals surface area contributed by atoms with Gasteiger partial charge < -0.3 is 10.4 Å². The van der Waals surface area contributed by atoms with Crippen molar-refractivity contribution in [3.63, 3.8) is 0 Å². The highest BCUT2D eigenvalue weighted by Crippen LogP contribution is 2.13. The number of nitrogens with one attached hydrogen (secondary N) is 2. The molecule has 76 valence electrons. The normalized spacial score (nSPS) is 9.79. The van der Waals surface area contributed by atoms with Gasteiger partial charge in [0.1, 0.15) is 5.02 Å². The molecular weight excluding hydrogens is 210 g/mol. The van der Waals surface area contributed by atoms with Crippen LogP contribution in [-0.4, -0.2) is 27.8 Å². The lowest BCUT2D eigenvalue weighted by Gasteiger charge is -2.04. The molecule has 0 atom stereocenters. The van der Waals surface area contributed by atoms with Crippen LogP contribution in [0.2, 0.25) is 5.02 Å². The van der Waals surface area contributed by atoms with Crippen LogP contribution < -0.4 is 10.9 Å². The molecular formula is C7H8ClN3O3. The van der Waals surface area contributed by atoms with Gasteiger partial charge in [-0.15, -0.1) is 0 Å². The Morgan fingerprint density at radius 2 is 2.43 bits per heavy atom. The van der Waals surface area contributed by atoms with Gasteiger partial charge in [-0.1, -0.05) is 11.6 Å². The summed E-state index contributed by atoms with van der Waals surface area (Å²) < 4.78 is 0. The predicted octanol–water partition coefficient (Wildman–Crippen LogP) is 0.310. The van der Waals surface area contributed by atoms with Crippen LogP contribution in [0.3, 0.4) is 0 Å². The summed E-state index contributed by atoms with van der Waals surface area (Å²) in [6, 6.07) is 0. The van der Waals surface area contributed by atoms with Gasteiger partial charge in [0.25, 0.3) is 5.56 Å². The van der Waals surface area contributed by atoms with Gasteiger partial charge in [0.15, 0.2) is 0 Å². The van der Waals surface area contributed by atoms with E-state index in [0.717, 1.165) is 0 Å². The van der Waals surface area contributed by atoms with Crippen molar-refractivity contribution in [1.29, 1.82) is 0 Å². The summed E-state index contributed by atoms with van der Waals surface area (Å²) >= 11 is 5.61. The number of carboxylic acid groups (broad SMARTS) is 1. The third kappa shape index (κ3) is 2.74. The topological polar surface area (TPSA) is 95.1 Å². The van der Waals surface area contributed by atoms with Gasteiger partial charge in [-0.25, -0.2) is 5.10 Å². The number of aromatic nitrogens is 2. The molecule has 0 saturated carbocycles. The van der Waals surface area contributed by atoms with E-state index in [4.69, 9.17) is 16.7 Å². The lowest BCUT2D eigenvalue weighted by Crippen LogP contribution is -2.14. The molecule has 1 rings (SSSR count). The van der Waals surface area contributed by atoms with E-state index in [1.54, 1.807) is 0 Å². The molecule has 0 saturated heterocycles. The molecule has 0 aliphatic carbocycles. The fraction of sp³-hybridized carbons (Fsp3) is 0.286. The third-order valence-corrected chi connectivity index (χ3v) is 1.83. The molecule has 0 spiro atoms. The molecule has 0 bridgehead atoms. The number of carboxylic acids is 1. The van der Waals surface area contributed by atoms with Crippen LogP contribution in [0, 0.1) is 0 Å². The first-order valence-electron chi connectivity index (χ1n) is 3.80. The Kier molecular flexibility index (Phi) is 3.47. The number of halogens is 1. The minimum absolute atomic E-state index is 0.0228. The number of rotatable bonds is 4. The minimum atomic E-state index is -0.925. The monoisotopic (exact) mass is 217 g/mol. The highest BCUT2D eigenvalue weighted by Gasteiger charge is 2.04. The quantitative estimate of drug-likeness (QED) is 0.675. The van der Waals surface area contributed by atoms with Gasteiger partial charge in [-0.2, -0.15) is 5.10 Å². The number of anilines is 1. The molecule has 7 heteroatoms. The highest BCUT2D eigenvalue weighted by molar-refractivity contribution is 6.32. The number of aliphatic carboxylic acids is 1. The van der Waals surface area contributed by atoms with Crippen molar-refractivity contribution in [3.05, 3.63) is 21.6 Å². The smallest absolute Gasteiger partial charge is 0.305 e. The van der Waals surface area contributed by atoms with Gasteiger partial charge in [0, 0.05) is 6.54 Å². The minimum Gasteiger partial charge on any atom is -0.481 e. The van der Waals surface area contributed by atoms with Gasteiger partial charge in [-0.05, 0) is 0 Å². The summed E-state index contributed by atoms with van der Waals surface area (Å²) in [5.74, 6) is -0.925. The maximum Gasteiger partial charge on any atom is 0.305 e. The van der Waals surface area contributed by atoms with Crippen LogP contribution in [0.15, 0.2) is 11.0 Å². The standard InChI is InChI=1S/C7H8ClN3O3/c8-6-4(3-10-11-7(6)14)9-2-1-5(12)13/h3H,1-2H2,(H,12,13)(H2,9,11,14). The summed E-state index contributed by atoms with van der Waals surface area (Å²) in [4.78, 5) is 21.1. The first kappa shape index (κ1) is 10.5. The predicted molar refractivity (Wildman–Crippen MR) is 50.6 cm³/mol. The summed E-state index contributed by atoms with van der Waals surface area (Å²) in [5, 5.41) is 16.7. The molecule has 3 N–H and O–H groups in total. The van der Waals surface area contributed by atoms with Crippen molar-refractivity contribution in [2.75, 3.05) is 11.9 Å². The zero-order valence-electron chi connectivity index (χ0n) is 7.08. The second-order valence-electron chi connectivity index (χ2n) is 2.50. The van der Waals surface area contributed by atoms with E-state index in [0.29, 0.717) is 5.69 Å². The zero-order chi connectivity index (χ0) is 10.6. The Labute approximate surface area is 83.9 Å². The molecule has 0 unspecified atom stereocenters. The number of aromatic amines is 1. The Morgan fingerprint density at radius 3 is 3.07 bits per heavy atom. The molecule has 1 aromatic heterocycles. The highest BCUT2D eigenvalue weighted by atomic mass is 35.5. The number of carbonyl (C=O) groups is 1. The first-order valence-corrected chi connectivity index (χ1v) is 4.18. The molecule has 0 fully saturated rings. The maximum atomic E-state index is 10.9. The van der Waals surface area contributed by atoms with E-state index >= 15 is 0 Å². The van der Waals surface area contributed by atoms with Crippen LogP contribution in [0.25, 0.3) is 0 Å². The Hall–Kier alpha value is -1.56. The molecule has 0 amide bonds. The average molecular weight is 218 g/mol. The number of hydrogen-bond donors (Lipinski definition) is 3. The molecule has 1 heterocycles. The Balaban J connectivity index is 2.63. The zero-order valence-corrected chi connectivity index (χ0v) is 7.84. The van der Waals surface area contributed by atoms with Crippen LogP contribution in [0.4, 0.5) is 5.69 Å². The van der Waals surface area contributed by atoms with E-state index in [2.05, 4.69) is 15.5 Å². The number of H-pyrrole nitrogens is 1. The van der Waals surface area contributed by atoms with Gasteiger partial charge in [0.05, 0.1) is 18.3 Å². The fourth-order valence-electron chi connectivity index (χ4n) is 0.811. The molecule has 0 aromatic carbocycles. The van der Waals surface area contributed by atoms with Crippen LogP contribution >= 0.6 is 11.6 Å². The summed E-state index contributed by atoms with van der Waals surface area (Å²) in [5.41, 5.74) is -0.177. The summed E-state index contributed by atoms with van der Waals surface area (Å²) in [6.07, 6.45) is 1.27. The second-order valence-corrected chi connectivity index (χ2v) is 2.88. The van der Waals surface area contributed by atoms with Crippen molar-refractivity contribution in [3.8, 4) is 0 Å². The lowest BCUT2D eigenvalue weighted by molar-refractivity contribution is -0.136. The molecule has 0 radical (unpaired) electrons. The first-order chi connectivity index (χ1) is 6.61. The summed E-state index contributed by atoms with van der Waals surface area (Å²) in [7, 11) is 0.